The van der Waals surface area contributed by atoms with Crippen LogP contribution in [0, 0.1) is 5.92 Å². The maximum Gasteiger partial charge on any atom is 0.171 e. The second kappa shape index (κ2) is 7.34. The first-order valence-electron chi connectivity index (χ1n) is 7.00. The number of anilines is 1. The molecule has 108 valence electrons. The van der Waals surface area contributed by atoms with E-state index in [0.717, 1.165) is 24.5 Å². The molecule has 4 nitrogen and oxygen atoms in total. The molecule has 1 heterocycles. The number of ether oxygens (including phenoxy) is 1. The van der Waals surface area contributed by atoms with Crippen molar-refractivity contribution in [2.75, 3.05) is 18.5 Å². The van der Waals surface area contributed by atoms with Gasteiger partial charge in [0, 0.05) is 25.8 Å². The van der Waals surface area contributed by atoms with Crippen molar-refractivity contribution >= 4 is 5.82 Å². The summed E-state index contributed by atoms with van der Waals surface area (Å²) in [6.45, 7) is 9.22. The molecule has 2 N–H and O–H groups in total. The Balaban J connectivity index is 2.68. The summed E-state index contributed by atoms with van der Waals surface area (Å²) in [6.07, 6.45) is 2.89. The number of hydrogen-bond acceptors (Lipinski definition) is 4. The Labute approximate surface area is 117 Å². The Kier molecular flexibility index (Phi) is 6.09. The number of rotatable bonds is 7. The van der Waals surface area contributed by atoms with Gasteiger partial charge in [-0.2, -0.15) is 0 Å². The highest BCUT2D eigenvalue weighted by atomic mass is 16.5. The van der Waals surface area contributed by atoms with E-state index in [2.05, 4.69) is 23.7 Å². The Morgan fingerprint density at radius 3 is 2.58 bits per heavy atom. The summed E-state index contributed by atoms with van der Waals surface area (Å²) in [5.74, 6) is 2.22. The number of hydrogen-bond donors (Lipinski definition) is 1. The molecule has 0 spiro atoms. The van der Waals surface area contributed by atoms with Crippen LogP contribution in [0.25, 0.3) is 0 Å². The molecule has 4 heteroatoms. The molecule has 0 aromatic carbocycles. The van der Waals surface area contributed by atoms with E-state index in [-0.39, 0.29) is 12.1 Å². The minimum absolute atomic E-state index is 0.147. The molecule has 0 saturated carbocycles. The third-order valence-corrected chi connectivity index (χ3v) is 3.13. The SMILES string of the molecule is CC(C)Oc1cccnc1N(C)CCC(N)C(C)C. The summed E-state index contributed by atoms with van der Waals surface area (Å²) in [7, 11) is 2.03. The van der Waals surface area contributed by atoms with Crippen molar-refractivity contribution in [3.05, 3.63) is 18.3 Å². The van der Waals surface area contributed by atoms with Gasteiger partial charge in [0.15, 0.2) is 11.6 Å². The zero-order chi connectivity index (χ0) is 14.4. The molecule has 1 aromatic heterocycles. The van der Waals surface area contributed by atoms with Crippen molar-refractivity contribution < 1.29 is 4.74 Å². The summed E-state index contributed by atoms with van der Waals surface area (Å²) in [6, 6.07) is 4.08. The molecule has 0 aliphatic carbocycles. The molecular formula is C15H27N3O. The number of nitrogens with zero attached hydrogens (tertiary/aromatic N) is 2. The molecule has 1 aromatic rings. The smallest absolute Gasteiger partial charge is 0.171 e. The van der Waals surface area contributed by atoms with Crippen LogP contribution in [0.3, 0.4) is 0 Å². The number of aromatic nitrogens is 1. The molecule has 1 atom stereocenters. The minimum atomic E-state index is 0.147. The third kappa shape index (κ3) is 5.07. The van der Waals surface area contributed by atoms with Gasteiger partial charge >= 0.3 is 0 Å². The Morgan fingerprint density at radius 1 is 1.32 bits per heavy atom. The molecule has 0 radical (unpaired) electrons. The maximum absolute atomic E-state index is 6.08. The van der Waals surface area contributed by atoms with E-state index in [9.17, 15) is 0 Å². The van der Waals surface area contributed by atoms with Crippen LogP contribution in [0.4, 0.5) is 5.82 Å². The van der Waals surface area contributed by atoms with Crippen molar-refractivity contribution in [2.45, 2.75) is 46.3 Å². The first kappa shape index (κ1) is 15.8. The van der Waals surface area contributed by atoms with E-state index in [0.29, 0.717) is 5.92 Å². The van der Waals surface area contributed by atoms with E-state index in [1.165, 1.54) is 0 Å². The van der Waals surface area contributed by atoms with Crippen molar-refractivity contribution in [1.82, 2.24) is 4.98 Å². The summed E-state index contributed by atoms with van der Waals surface area (Å²) in [5, 5.41) is 0. The van der Waals surface area contributed by atoms with E-state index in [1.54, 1.807) is 6.20 Å². The predicted molar refractivity (Wildman–Crippen MR) is 80.7 cm³/mol. The second-order valence-corrected chi connectivity index (χ2v) is 5.61. The second-order valence-electron chi connectivity index (χ2n) is 5.61. The third-order valence-electron chi connectivity index (χ3n) is 3.13. The van der Waals surface area contributed by atoms with Crippen LogP contribution in [0.15, 0.2) is 18.3 Å². The molecule has 0 aliphatic rings. The highest BCUT2D eigenvalue weighted by molar-refractivity contribution is 5.51. The fraction of sp³-hybridized carbons (Fsp3) is 0.667. The molecular weight excluding hydrogens is 238 g/mol. The fourth-order valence-electron chi connectivity index (χ4n) is 1.80. The van der Waals surface area contributed by atoms with Gasteiger partial charge in [-0.3, -0.25) is 0 Å². The monoisotopic (exact) mass is 265 g/mol. The Bertz CT molecular complexity index is 379. The molecule has 0 saturated heterocycles. The molecule has 19 heavy (non-hydrogen) atoms. The van der Waals surface area contributed by atoms with Gasteiger partial charge in [0.25, 0.3) is 0 Å². The van der Waals surface area contributed by atoms with Crippen LogP contribution in [0.5, 0.6) is 5.75 Å². The van der Waals surface area contributed by atoms with Crippen LogP contribution in [0.1, 0.15) is 34.1 Å². The van der Waals surface area contributed by atoms with Gasteiger partial charge < -0.3 is 15.4 Å². The van der Waals surface area contributed by atoms with Crippen LogP contribution < -0.4 is 15.4 Å². The van der Waals surface area contributed by atoms with E-state index >= 15 is 0 Å². The number of nitrogens with two attached hydrogens (primary N) is 1. The van der Waals surface area contributed by atoms with Crippen molar-refractivity contribution in [2.24, 2.45) is 11.7 Å². The van der Waals surface area contributed by atoms with Gasteiger partial charge in [-0.05, 0) is 38.3 Å². The maximum atomic E-state index is 6.08. The summed E-state index contributed by atoms with van der Waals surface area (Å²) in [5.41, 5.74) is 6.08. The normalized spacial score (nSPS) is 12.8. The summed E-state index contributed by atoms with van der Waals surface area (Å²) < 4.78 is 5.79. The van der Waals surface area contributed by atoms with Crippen LogP contribution in [0.2, 0.25) is 0 Å². The van der Waals surface area contributed by atoms with Crippen LogP contribution in [-0.4, -0.2) is 30.7 Å². The van der Waals surface area contributed by atoms with E-state index in [4.69, 9.17) is 10.5 Å². The zero-order valence-corrected chi connectivity index (χ0v) is 12.8. The van der Waals surface area contributed by atoms with E-state index in [1.807, 2.05) is 33.0 Å². The van der Waals surface area contributed by atoms with Crippen LogP contribution >= 0.6 is 0 Å². The van der Waals surface area contributed by atoms with Crippen molar-refractivity contribution in [1.29, 1.82) is 0 Å². The Hall–Kier alpha value is -1.29. The standard InChI is InChI=1S/C15H27N3O/c1-11(2)13(16)8-10-18(5)15-14(19-12(3)4)7-6-9-17-15/h6-7,9,11-13H,8,10,16H2,1-5H3. The summed E-state index contributed by atoms with van der Waals surface area (Å²) in [4.78, 5) is 6.53. The lowest BCUT2D eigenvalue weighted by Crippen LogP contribution is -2.32. The lowest BCUT2D eigenvalue weighted by atomic mass is 10.0. The van der Waals surface area contributed by atoms with Gasteiger partial charge in [0.1, 0.15) is 0 Å². The topological polar surface area (TPSA) is 51.4 Å². The van der Waals surface area contributed by atoms with Gasteiger partial charge in [0.2, 0.25) is 0 Å². The first-order valence-corrected chi connectivity index (χ1v) is 7.00. The quantitative estimate of drug-likeness (QED) is 0.823. The lowest BCUT2D eigenvalue weighted by molar-refractivity contribution is 0.242. The molecule has 0 amide bonds. The molecule has 1 unspecified atom stereocenters. The molecule has 0 fully saturated rings. The van der Waals surface area contributed by atoms with E-state index < -0.39 is 0 Å². The molecule has 0 bridgehead atoms. The van der Waals surface area contributed by atoms with Crippen molar-refractivity contribution in [3.63, 3.8) is 0 Å². The average Bonchev–Trinajstić information content (AvgIpc) is 2.35. The average molecular weight is 265 g/mol. The zero-order valence-electron chi connectivity index (χ0n) is 12.8. The Morgan fingerprint density at radius 2 is 2.00 bits per heavy atom. The molecule has 1 rings (SSSR count). The van der Waals surface area contributed by atoms with Crippen LogP contribution in [-0.2, 0) is 0 Å². The fourth-order valence-corrected chi connectivity index (χ4v) is 1.80. The predicted octanol–water partition coefficient (Wildman–Crippen LogP) is 2.68. The largest absolute Gasteiger partial charge is 0.487 e. The highest BCUT2D eigenvalue weighted by Crippen LogP contribution is 2.25. The summed E-state index contributed by atoms with van der Waals surface area (Å²) >= 11 is 0. The van der Waals surface area contributed by atoms with Crippen molar-refractivity contribution in [3.8, 4) is 5.75 Å². The lowest BCUT2D eigenvalue weighted by Gasteiger charge is -2.24. The minimum Gasteiger partial charge on any atom is -0.487 e. The van der Waals surface area contributed by atoms with Gasteiger partial charge in [-0.15, -0.1) is 0 Å². The van der Waals surface area contributed by atoms with Gasteiger partial charge in [-0.1, -0.05) is 13.8 Å². The number of pyridine rings is 1. The molecule has 0 aliphatic heterocycles. The first-order chi connectivity index (χ1) is 8.91. The van der Waals surface area contributed by atoms with Gasteiger partial charge in [0.05, 0.1) is 6.10 Å². The van der Waals surface area contributed by atoms with Gasteiger partial charge in [-0.25, -0.2) is 4.98 Å². The highest BCUT2D eigenvalue weighted by Gasteiger charge is 2.13.